The van der Waals surface area contributed by atoms with Gasteiger partial charge in [0, 0.05) is 50.3 Å². The third-order valence-electron chi connectivity index (χ3n) is 8.83. The number of hydrogen-bond donors (Lipinski definition) is 0. The molecule has 46 heavy (non-hydrogen) atoms. The topological polar surface area (TPSA) is 74.3 Å². The van der Waals surface area contributed by atoms with E-state index in [0.29, 0.717) is 5.82 Å². The van der Waals surface area contributed by atoms with Crippen LogP contribution >= 0.6 is 0 Å². The van der Waals surface area contributed by atoms with Gasteiger partial charge < -0.3 is 0 Å². The Morgan fingerprint density at radius 2 is 1.02 bits per heavy atom. The molecule has 7 nitrogen and oxygen atoms in total. The van der Waals surface area contributed by atoms with Crippen molar-refractivity contribution in [2.75, 3.05) is 0 Å². The van der Waals surface area contributed by atoms with E-state index in [1.54, 1.807) is 0 Å². The van der Waals surface area contributed by atoms with Gasteiger partial charge in [0.05, 0.1) is 16.6 Å². The highest BCUT2D eigenvalue weighted by atomic mass is 15.1. The van der Waals surface area contributed by atoms with Crippen molar-refractivity contribution < 1.29 is 0 Å². The quantitative estimate of drug-likeness (QED) is 0.193. The summed E-state index contributed by atoms with van der Waals surface area (Å²) in [6, 6.07) is 43.5. The minimum absolute atomic E-state index is 0.628. The molecule has 6 heterocycles. The molecule has 0 saturated carbocycles. The van der Waals surface area contributed by atoms with Crippen molar-refractivity contribution >= 4 is 65.7 Å². The van der Waals surface area contributed by atoms with E-state index in [0.717, 1.165) is 82.9 Å². The van der Waals surface area contributed by atoms with Gasteiger partial charge in [-0.1, -0.05) is 72.8 Å². The summed E-state index contributed by atoms with van der Waals surface area (Å²) in [7, 11) is 0. The van der Waals surface area contributed by atoms with E-state index in [-0.39, 0.29) is 0 Å². The summed E-state index contributed by atoms with van der Waals surface area (Å²) < 4.78 is 4.30. The Kier molecular flexibility index (Phi) is 5.15. The first-order valence-corrected chi connectivity index (χ1v) is 15.2. The van der Waals surface area contributed by atoms with E-state index < -0.39 is 0 Å². The SMILES string of the molecule is c1ccc(-c2nc(-n3c4ccccc4c4cccnc43)c3ccc4ccc(-n5c6ccccc6c6cccnc65)nc4c3n2)cc1. The molecule has 7 heteroatoms. The predicted octanol–water partition coefficient (Wildman–Crippen LogP) is 8.83. The Hall–Kier alpha value is -6.47. The molecular weight excluding hydrogens is 566 g/mol. The molecule has 0 aliphatic heterocycles. The minimum atomic E-state index is 0.628. The predicted molar refractivity (Wildman–Crippen MR) is 185 cm³/mol. The molecule has 0 unspecified atom stereocenters. The first kappa shape index (κ1) is 24.9. The number of para-hydroxylation sites is 2. The van der Waals surface area contributed by atoms with Crippen LogP contribution in [0.3, 0.4) is 0 Å². The highest BCUT2D eigenvalue weighted by Crippen LogP contribution is 2.36. The van der Waals surface area contributed by atoms with Crippen molar-refractivity contribution in [3.63, 3.8) is 0 Å². The van der Waals surface area contributed by atoms with E-state index in [4.69, 9.17) is 24.9 Å². The maximum Gasteiger partial charge on any atom is 0.162 e. The average molecular weight is 590 g/mol. The van der Waals surface area contributed by atoms with Crippen LogP contribution in [0, 0.1) is 0 Å². The normalized spacial score (nSPS) is 11.9. The summed E-state index contributed by atoms with van der Waals surface area (Å²) in [5.74, 6) is 2.18. The maximum atomic E-state index is 5.34. The zero-order valence-corrected chi connectivity index (χ0v) is 24.4. The number of fused-ring (bicyclic) bond motifs is 9. The smallest absolute Gasteiger partial charge is 0.162 e. The largest absolute Gasteiger partial charge is 0.278 e. The number of rotatable bonds is 3. The number of aromatic nitrogens is 7. The van der Waals surface area contributed by atoms with Crippen LogP contribution in [-0.4, -0.2) is 34.1 Å². The van der Waals surface area contributed by atoms with E-state index in [2.05, 4.69) is 94.1 Å². The monoisotopic (exact) mass is 589 g/mol. The third-order valence-corrected chi connectivity index (χ3v) is 8.83. The van der Waals surface area contributed by atoms with Gasteiger partial charge in [-0.3, -0.25) is 9.13 Å². The maximum absolute atomic E-state index is 5.34. The Morgan fingerprint density at radius 3 is 1.76 bits per heavy atom. The van der Waals surface area contributed by atoms with Crippen molar-refractivity contribution in [1.82, 2.24) is 34.1 Å². The van der Waals surface area contributed by atoms with E-state index in [1.165, 1.54) is 0 Å². The second-order valence-electron chi connectivity index (χ2n) is 11.4. The molecule has 0 fully saturated rings. The molecule has 6 aromatic heterocycles. The molecule has 0 atom stereocenters. The lowest BCUT2D eigenvalue weighted by Crippen LogP contribution is -2.04. The number of nitrogens with zero attached hydrogens (tertiary/aromatic N) is 7. The number of hydrogen-bond acceptors (Lipinski definition) is 5. The van der Waals surface area contributed by atoms with E-state index in [9.17, 15) is 0 Å². The molecule has 10 rings (SSSR count). The van der Waals surface area contributed by atoms with E-state index in [1.807, 2.05) is 54.9 Å². The molecule has 0 aliphatic rings. The fraction of sp³-hybridized carbons (Fsp3) is 0. The van der Waals surface area contributed by atoms with Gasteiger partial charge in [-0.2, -0.15) is 0 Å². The molecule has 0 radical (unpaired) electrons. The van der Waals surface area contributed by atoms with Crippen LogP contribution in [0.15, 0.2) is 140 Å². The summed E-state index contributed by atoms with van der Waals surface area (Å²) in [6.45, 7) is 0. The van der Waals surface area contributed by atoms with Crippen molar-refractivity contribution in [1.29, 1.82) is 0 Å². The second kappa shape index (κ2) is 9.51. The minimum Gasteiger partial charge on any atom is -0.278 e. The van der Waals surface area contributed by atoms with Crippen LogP contribution in [-0.2, 0) is 0 Å². The molecule has 0 amide bonds. The summed E-state index contributed by atoms with van der Waals surface area (Å²) in [5, 5.41) is 6.32. The fourth-order valence-corrected chi connectivity index (χ4v) is 6.80. The molecular formula is C39H23N7. The summed E-state index contributed by atoms with van der Waals surface area (Å²) in [4.78, 5) is 25.4. The standard InChI is InChI=1S/C39H23N7/c1-2-10-25(11-3-1)36-43-35-30(39(44-36)46-32-17-7-5-13-27(32)29-15-9-23-41-38(29)46)20-18-24-19-21-33(42-34(24)35)45-31-16-6-4-12-26(31)28-14-8-22-40-37(28)45/h1-23H. The van der Waals surface area contributed by atoms with Crippen molar-refractivity contribution in [3.8, 4) is 23.0 Å². The van der Waals surface area contributed by atoms with Crippen LogP contribution in [0.1, 0.15) is 0 Å². The van der Waals surface area contributed by atoms with Gasteiger partial charge in [0.1, 0.15) is 22.6 Å². The molecule has 0 N–H and O–H groups in total. The first-order valence-electron chi connectivity index (χ1n) is 15.2. The van der Waals surface area contributed by atoms with Crippen LogP contribution in [0.2, 0.25) is 0 Å². The Morgan fingerprint density at radius 1 is 0.413 bits per heavy atom. The Balaban J connectivity index is 1.34. The van der Waals surface area contributed by atoms with Gasteiger partial charge in [-0.15, -0.1) is 0 Å². The van der Waals surface area contributed by atoms with Crippen molar-refractivity contribution in [3.05, 3.63) is 140 Å². The van der Waals surface area contributed by atoms with E-state index >= 15 is 0 Å². The molecule has 0 spiro atoms. The summed E-state index contributed by atoms with van der Waals surface area (Å²) >= 11 is 0. The molecule has 0 saturated heterocycles. The summed E-state index contributed by atoms with van der Waals surface area (Å²) in [5.41, 5.74) is 6.31. The van der Waals surface area contributed by atoms with Crippen LogP contribution in [0.25, 0.3) is 88.7 Å². The molecule has 0 aliphatic carbocycles. The van der Waals surface area contributed by atoms with Gasteiger partial charge >= 0.3 is 0 Å². The van der Waals surface area contributed by atoms with Gasteiger partial charge in [-0.25, -0.2) is 24.9 Å². The number of pyridine rings is 3. The highest BCUT2D eigenvalue weighted by Gasteiger charge is 2.21. The molecule has 0 bridgehead atoms. The van der Waals surface area contributed by atoms with Gasteiger partial charge in [0.15, 0.2) is 11.6 Å². The highest BCUT2D eigenvalue weighted by molar-refractivity contribution is 6.12. The lowest BCUT2D eigenvalue weighted by Gasteiger charge is -2.14. The number of benzene rings is 4. The lowest BCUT2D eigenvalue weighted by atomic mass is 10.1. The second-order valence-corrected chi connectivity index (χ2v) is 11.4. The van der Waals surface area contributed by atoms with Crippen LogP contribution < -0.4 is 0 Å². The Bertz CT molecular complexity index is 2710. The zero-order chi connectivity index (χ0) is 30.2. The average Bonchev–Trinajstić information content (AvgIpc) is 3.64. The first-order chi connectivity index (χ1) is 22.8. The summed E-state index contributed by atoms with van der Waals surface area (Å²) in [6.07, 6.45) is 3.67. The molecule has 4 aromatic carbocycles. The molecule has 214 valence electrons. The van der Waals surface area contributed by atoms with Crippen LogP contribution in [0.5, 0.6) is 0 Å². The molecule has 10 aromatic rings. The lowest BCUT2D eigenvalue weighted by molar-refractivity contribution is 1.05. The van der Waals surface area contributed by atoms with Crippen molar-refractivity contribution in [2.45, 2.75) is 0 Å². The van der Waals surface area contributed by atoms with Gasteiger partial charge in [0.25, 0.3) is 0 Å². The van der Waals surface area contributed by atoms with Gasteiger partial charge in [0.2, 0.25) is 0 Å². The van der Waals surface area contributed by atoms with Gasteiger partial charge in [-0.05, 0) is 54.6 Å². The zero-order valence-electron chi connectivity index (χ0n) is 24.4. The Labute approximate surface area is 262 Å². The third kappa shape index (κ3) is 3.51. The van der Waals surface area contributed by atoms with Crippen molar-refractivity contribution in [2.24, 2.45) is 0 Å². The fourth-order valence-electron chi connectivity index (χ4n) is 6.80. The van der Waals surface area contributed by atoms with Crippen LogP contribution in [0.4, 0.5) is 0 Å².